The average molecular weight is 409 g/mol. The van der Waals surface area contributed by atoms with E-state index in [1.165, 1.54) is 17.4 Å². The normalized spacial score (nSPS) is 11.3. The van der Waals surface area contributed by atoms with Gasteiger partial charge in [-0.3, -0.25) is 9.79 Å². The molecule has 1 aromatic heterocycles. The Morgan fingerprint density at radius 3 is 2.70 bits per heavy atom. The van der Waals surface area contributed by atoms with Gasteiger partial charge in [0.15, 0.2) is 5.96 Å². The van der Waals surface area contributed by atoms with Crippen LogP contribution in [0, 0.1) is 5.82 Å². The number of guanidine groups is 1. The third kappa shape index (κ3) is 7.22. The number of thioether (sulfide) groups is 1. The number of hydrogen-bond acceptors (Lipinski definition) is 4. The van der Waals surface area contributed by atoms with E-state index in [-0.39, 0.29) is 11.7 Å². The predicted molar refractivity (Wildman–Crippen MR) is 113 cm³/mol. The van der Waals surface area contributed by atoms with Crippen LogP contribution in [0.5, 0.6) is 0 Å². The lowest BCUT2D eigenvalue weighted by Gasteiger charge is -2.14. The number of nitrogens with one attached hydrogen (secondary N) is 3. The number of amides is 1. The highest BCUT2D eigenvalue weighted by atomic mass is 32.2. The number of aliphatic imine (C=N–C) groups is 1. The molecule has 0 unspecified atom stereocenters. The lowest BCUT2D eigenvalue weighted by molar-refractivity contribution is 0.0957. The molecule has 0 aliphatic rings. The Morgan fingerprint density at radius 1 is 1.19 bits per heavy atom. The largest absolute Gasteiger partial charge is 0.356 e. The van der Waals surface area contributed by atoms with E-state index in [0.29, 0.717) is 25.6 Å². The minimum Gasteiger partial charge on any atom is -0.356 e. The summed E-state index contributed by atoms with van der Waals surface area (Å²) in [4.78, 5) is 16.8. The molecule has 0 bridgehead atoms. The van der Waals surface area contributed by atoms with Gasteiger partial charge in [-0.15, -0.1) is 11.3 Å². The molecule has 0 aliphatic carbocycles. The Morgan fingerprint density at radius 2 is 2.00 bits per heavy atom. The summed E-state index contributed by atoms with van der Waals surface area (Å²) in [5.41, 5.74) is 2.04. The quantitative estimate of drug-likeness (QED) is 0.339. The van der Waals surface area contributed by atoms with Crippen molar-refractivity contribution < 1.29 is 9.18 Å². The number of hydrogen-bond donors (Lipinski definition) is 3. The molecule has 0 saturated carbocycles. The molecule has 0 saturated heterocycles. The summed E-state index contributed by atoms with van der Waals surface area (Å²) in [5, 5.41) is 11.3. The molecule has 0 radical (unpaired) electrons. The number of carbonyl (C=O) groups is 1. The molecule has 0 aliphatic heterocycles. The van der Waals surface area contributed by atoms with E-state index in [1.54, 1.807) is 30.9 Å². The molecule has 1 aromatic carbocycles. The van der Waals surface area contributed by atoms with Crippen LogP contribution < -0.4 is 16.0 Å². The van der Waals surface area contributed by atoms with Gasteiger partial charge in [0.25, 0.3) is 5.91 Å². The fourth-order valence-electron chi connectivity index (χ4n) is 2.45. The standard InChI is InChI=1S/C19H25FN4OS2/c1-21-19(23-9-4-8-22-18(25)17-5-3-10-27-17)24-12-14-6-7-16(20)11-15(14)13-26-2/h3,5-7,10-11H,4,8-9,12-13H2,1-2H3,(H,22,25)(H2,21,23,24). The molecule has 0 fully saturated rings. The van der Waals surface area contributed by atoms with E-state index in [2.05, 4.69) is 20.9 Å². The van der Waals surface area contributed by atoms with Gasteiger partial charge >= 0.3 is 0 Å². The highest BCUT2D eigenvalue weighted by Crippen LogP contribution is 2.16. The first kappa shape index (κ1) is 21.2. The molecular formula is C19H25FN4OS2. The maximum absolute atomic E-state index is 13.4. The Labute approximate surface area is 167 Å². The van der Waals surface area contributed by atoms with Gasteiger partial charge in [0.05, 0.1) is 4.88 Å². The smallest absolute Gasteiger partial charge is 0.261 e. The first-order chi connectivity index (χ1) is 13.1. The molecule has 2 aromatic rings. The second-order valence-corrected chi connectivity index (χ2v) is 7.60. The first-order valence-corrected chi connectivity index (χ1v) is 10.9. The van der Waals surface area contributed by atoms with Crippen molar-refractivity contribution in [1.82, 2.24) is 16.0 Å². The van der Waals surface area contributed by atoms with Crippen LogP contribution in [-0.2, 0) is 12.3 Å². The topological polar surface area (TPSA) is 65.5 Å². The third-order valence-electron chi connectivity index (χ3n) is 3.81. The summed E-state index contributed by atoms with van der Waals surface area (Å²) in [6.45, 7) is 1.85. The number of rotatable bonds is 9. The van der Waals surface area contributed by atoms with Crippen molar-refractivity contribution >= 4 is 35.0 Å². The summed E-state index contributed by atoms with van der Waals surface area (Å²) >= 11 is 3.10. The lowest BCUT2D eigenvalue weighted by atomic mass is 10.1. The van der Waals surface area contributed by atoms with E-state index in [9.17, 15) is 9.18 Å². The maximum Gasteiger partial charge on any atom is 0.261 e. The van der Waals surface area contributed by atoms with Gasteiger partial charge in [-0.25, -0.2) is 4.39 Å². The number of thiophene rings is 1. The summed E-state index contributed by atoms with van der Waals surface area (Å²) in [6, 6.07) is 8.54. The Bertz CT molecular complexity index is 750. The zero-order valence-corrected chi connectivity index (χ0v) is 17.2. The van der Waals surface area contributed by atoms with Crippen LogP contribution in [0.1, 0.15) is 27.2 Å². The molecular weight excluding hydrogens is 383 g/mol. The van der Waals surface area contributed by atoms with Crippen molar-refractivity contribution in [3.05, 3.63) is 57.5 Å². The van der Waals surface area contributed by atoms with E-state index in [0.717, 1.165) is 28.2 Å². The number of benzene rings is 1. The van der Waals surface area contributed by atoms with E-state index < -0.39 is 0 Å². The summed E-state index contributed by atoms with van der Waals surface area (Å²) in [6.07, 6.45) is 2.78. The summed E-state index contributed by atoms with van der Waals surface area (Å²) in [7, 11) is 1.71. The lowest BCUT2D eigenvalue weighted by Crippen LogP contribution is -2.38. The van der Waals surface area contributed by atoms with Crippen molar-refractivity contribution in [2.75, 3.05) is 26.4 Å². The molecule has 146 valence electrons. The van der Waals surface area contributed by atoms with Gasteiger partial charge in [0.1, 0.15) is 5.82 Å². The van der Waals surface area contributed by atoms with Crippen LogP contribution in [0.25, 0.3) is 0 Å². The van der Waals surface area contributed by atoms with Gasteiger partial charge in [0.2, 0.25) is 0 Å². The predicted octanol–water partition coefficient (Wildman–Crippen LogP) is 3.24. The number of halogens is 1. The van der Waals surface area contributed by atoms with Crippen LogP contribution in [0.15, 0.2) is 40.7 Å². The minimum atomic E-state index is -0.213. The molecule has 0 atom stereocenters. The molecule has 27 heavy (non-hydrogen) atoms. The monoisotopic (exact) mass is 408 g/mol. The third-order valence-corrected chi connectivity index (χ3v) is 5.28. The molecule has 2 rings (SSSR count). The van der Waals surface area contributed by atoms with Gasteiger partial charge in [-0.1, -0.05) is 12.1 Å². The van der Waals surface area contributed by atoms with Crippen molar-refractivity contribution in [1.29, 1.82) is 0 Å². The molecule has 1 heterocycles. The number of nitrogens with zero attached hydrogens (tertiary/aromatic N) is 1. The van der Waals surface area contributed by atoms with Crippen LogP contribution in [0.4, 0.5) is 4.39 Å². The van der Waals surface area contributed by atoms with Gasteiger partial charge in [-0.2, -0.15) is 11.8 Å². The van der Waals surface area contributed by atoms with Crippen LogP contribution in [0.3, 0.4) is 0 Å². The summed E-state index contributed by atoms with van der Waals surface area (Å²) < 4.78 is 13.4. The molecule has 3 N–H and O–H groups in total. The van der Waals surface area contributed by atoms with Crippen molar-refractivity contribution in [3.63, 3.8) is 0 Å². The zero-order chi connectivity index (χ0) is 19.5. The minimum absolute atomic E-state index is 0.0369. The van der Waals surface area contributed by atoms with Gasteiger partial charge in [-0.05, 0) is 47.4 Å². The Balaban J connectivity index is 1.71. The van der Waals surface area contributed by atoms with E-state index in [1.807, 2.05) is 23.8 Å². The fraction of sp³-hybridized carbons (Fsp3) is 0.368. The van der Waals surface area contributed by atoms with Gasteiger partial charge in [0, 0.05) is 32.4 Å². The average Bonchev–Trinajstić information content (AvgIpc) is 3.20. The molecule has 1 amide bonds. The second kappa shape index (κ2) is 11.6. The highest BCUT2D eigenvalue weighted by Gasteiger charge is 2.06. The number of carbonyl (C=O) groups excluding carboxylic acids is 1. The van der Waals surface area contributed by atoms with Crippen LogP contribution in [-0.4, -0.2) is 38.3 Å². The van der Waals surface area contributed by atoms with Crippen LogP contribution >= 0.6 is 23.1 Å². The van der Waals surface area contributed by atoms with Crippen molar-refractivity contribution in [2.45, 2.75) is 18.7 Å². The Kier molecular flexibility index (Phi) is 9.13. The highest BCUT2D eigenvalue weighted by molar-refractivity contribution is 7.97. The molecule has 0 spiro atoms. The SMILES string of the molecule is CN=C(NCCCNC(=O)c1cccs1)NCc1ccc(F)cc1CSC. The van der Waals surface area contributed by atoms with Crippen molar-refractivity contribution in [2.24, 2.45) is 4.99 Å². The van der Waals surface area contributed by atoms with Crippen molar-refractivity contribution in [3.8, 4) is 0 Å². The van der Waals surface area contributed by atoms with Crippen LogP contribution in [0.2, 0.25) is 0 Å². The molecule has 8 heteroatoms. The van der Waals surface area contributed by atoms with E-state index >= 15 is 0 Å². The van der Waals surface area contributed by atoms with E-state index in [4.69, 9.17) is 0 Å². The summed E-state index contributed by atoms with van der Waals surface area (Å²) in [5.74, 6) is 1.20. The Hall–Kier alpha value is -2.06. The fourth-order valence-corrected chi connectivity index (χ4v) is 3.67. The van der Waals surface area contributed by atoms with Gasteiger partial charge < -0.3 is 16.0 Å². The first-order valence-electron chi connectivity index (χ1n) is 8.66. The molecule has 5 nitrogen and oxygen atoms in total. The second-order valence-electron chi connectivity index (χ2n) is 5.79. The zero-order valence-electron chi connectivity index (χ0n) is 15.5. The maximum atomic E-state index is 13.4.